The third-order valence-electron chi connectivity index (χ3n) is 3.88. The van der Waals surface area contributed by atoms with Crippen LogP contribution in [0.15, 0.2) is 24.3 Å². The number of benzene rings is 1. The van der Waals surface area contributed by atoms with E-state index in [9.17, 15) is 9.59 Å². The van der Waals surface area contributed by atoms with E-state index in [0.29, 0.717) is 12.5 Å². The zero-order valence-electron chi connectivity index (χ0n) is 11.6. The summed E-state index contributed by atoms with van der Waals surface area (Å²) in [7, 11) is 1.79. The van der Waals surface area contributed by atoms with Crippen LogP contribution in [-0.2, 0) is 9.59 Å². The zero-order chi connectivity index (χ0) is 14.1. The number of carbonyl (C=O) groups is 2. The Kier molecular flexibility index (Phi) is 3.44. The summed E-state index contributed by atoms with van der Waals surface area (Å²) in [6, 6.07) is 8.11. The van der Waals surface area contributed by atoms with Crippen LogP contribution in [0.2, 0.25) is 0 Å². The van der Waals surface area contributed by atoms with Gasteiger partial charge in [0.1, 0.15) is 0 Å². The maximum Gasteiger partial charge on any atom is 0.234 e. The van der Waals surface area contributed by atoms with Crippen molar-refractivity contribution in [3.63, 3.8) is 0 Å². The van der Waals surface area contributed by atoms with Gasteiger partial charge in [0, 0.05) is 31.2 Å². The SMILES string of the molecule is CN1C(=O)CC(NCC(=O)NC2CC2)c2ccccc21. The molecule has 2 aliphatic rings. The third-order valence-corrected chi connectivity index (χ3v) is 3.88. The highest BCUT2D eigenvalue weighted by Gasteiger charge is 2.29. The van der Waals surface area contributed by atoms with Gasteiger partial charge in [-0.15, -0.1) is 0 Å². The standard InChI is InChI=1S/C15H19N3O2/c1-18-13-5-3-2-4-11(13)12(8-15(18)20)16-9-14(19)17-10-6-7-10/h2-5,10,12,16H,6-9H2,1H3,(H,17,19). The lowest BCUT2D eigenvalue weighted by molar-refractivity contribution is -0.122. The predicted molar refractivity (Wildman–Crippen MR) is 76.4 cm³/mol. The molecule has 3 rings (SSSR count). The summed E-state index contributed by atoms with van der Waals surface area (Å²) >= 11 is 0. The fraction of sp³-hybridized carbons (Fsp3) is 0.467. The molecule has 1 aromatic rings. The summed E-state index contributed by atoms with van der Waals surface area (Å²) in [4.78, 5) is 25.4. The molecule has 2 amide bonds. The van der Waals surface area contributed by atoms with Crippen molar-refractivity contribution in [3.8, 4) is 0 Å². The molecule has 1 aliphatic heterocycles. The van der Waals surface area contributed by atoms with E-state index in [-0.39, 0.29) is 24.4 Å². The van der Waals surface area contributed by atoms with E-state index < -0.39 is 0 Å². The lowest BCUT2D eigenvalue weighted by Gasteiger charge is -2.32. The van der Waals surface area contributed by atoms with Gasteiger partial charge in [0.15, 0.2) is 0 Å². The van der Waals surface area contributed by atoms with Crippen LogP contribution in [0.25, 0.3) is 0 Å². The number of hydrogen-bond acceptors (Lipinski definition) is 3. The van der Waals surface area contributed by atoms with Crippen molar-refractivity contribution in [3.05, 3.63) is 29.8 Å². The zero-order valence-corrected chi connectivity index (χ0v) is 11.6. The third kappa shape index (κ3) is 2.67. The summed E-state index contributed by atoms with van der Waals surface area (Å²) in [6.45, 7) is 0.256. The average Bonchev–Trinajstić information content (AvgIpc) is 3.25. The van der Waals surface area contributed by atoms with Crippen molar-refractivity contribution in [2.24, 2.45) is 0 Å². The van der Waals surface area contributed by atoms with Crippen LogP contribution >= 0.6 is 0 Å². The summed E-state index contributed by atoms with van der Waals surface area (Å²) in [5.74, 6) is 0.0835. The van der Waals surface area contributed by atoms with Crippen LogP contribution in [0, 0.1) is 0 Å². The van der Waals surface area contributed by atoms with Crippen LogP contribution in [0.5, 0.6) is 0 Å². The molecule has 0 bridgehead atoms. The summed E-state index contributed by atoms with van der Waals surface area (Å²) in [5, 5.41) is 6.14. The van der Waals surface area contributed by atoms with Gasteiger partial charge in [-0.3, -0.25) is 9.59 Å². The number of fused-ring (bicyclic) bond motifs is 1. The van der Waals surface area contributed by atoms with Gasteiger partial charge in [-0.2, -0.15) is 0 Å². The van der Waals surface area contributed by atoms with Crippen molar-refractivity contribution in [2.75, 3.05) is 18.5 Å². The number of amides is 2. The summed E-state index contributed by atoms with van der Waals surface area (Å²) in [5.41, 5.74) is 2.00. The molecular formula is C15H19N3O2. The fourth-order valence-corrected chi connectivity index (χ4v) is 2.55. The first kappa shape index (κ1) is 13.1. The molecule has 106 valence electrons. The fourth-order valence-electron chi connectivity index (χ4n) is 2.55. The predicted octanol–water partition coefficient (Wildman–Crippen LogP) is 0.962. The topological polar surface area (TPSA) is 61.4 Å². The molecule has 1 unspecified atom stereocenters. The number of rotatable bonds is 4. The highest BCUT2D eigenvalue weighted by atomic mass is 16.2. The van der Waals surface area contributed by atoms with Gasteiger partial charge in [0.2, 0.25) is 11.8 Å². The first-order chi connectivity index (χ1) is 9.65. The number of nitrogens with one attached hydrogen (secondary N) is 2. The minimum Gasteiger partial charge on any atom is -0.352 e. The molecule has 0 radical (unpaired) electrons. The van der Waals surface area contributed by atoms with E-state index >= 15 is 0 Å². The first-order valence-corrected chi connectivity index (χ1v) is 7.03. The van der Waals surface area contributed by atoms with Crippen molar-refractivity contribution in [2.45, 2.75) is 31.3 Å². The Morgan fingerprint density at radius 2 is 2.10 bits per heavy atom. The first-order valence-electron chi connectivity index (χ1n) is 7.03. The van der Waals surface area contributed by atoms with Gasteiger partial charge in [0.25, 0.3) is 0 Å². The Balaban J connectivity index is 1.68. The lowest BCUT2D eigenvalue weighted by atomic mass is 9.96. The van der Waals surface area contributed by atoms with Crippen LogP contribution in [0.3, 0.4) is 0 Å². The second kappa shape index (κ2) is 5.25. The Labute approximate surface area is 118 Å². The highest BCUT2D eigenvalue weighted by molar-refractivity contribution is 5.96. The van der Waals surface area contributed by atoms with E-state index in [1.165, 1.54) is 0 Å². The quantitative estimate of drug-likeness (QED) is 0.859. The van der Waals surface area contributed by atoms with Gasteiger partial charge in [-0.1, -0.05) is 18.2 Å². The molecule has 5 heteroatoms. The summed E-state index contributed by atoms with van der Waals surface area (Å²) < 4.78 is 0. The van der Waals surface area contributed by atoms with Crippen molar-refractivity contribution < 1.29 is 9.59 Å². The van der Waals surface area contributed by atoms with E-state index in [4.69, 9.17) is 0 Å². The highest BCUT2D eigenvalue weighted by Crippen LogP contribution is 2.33. The Morgan fingerprint density at radius 1 is 1.35 bits per heavy atom. The minimum atomic E-state index is -0.0835. The molecular weight excluding hydrogens is 254 g/mol. The van der Waals surface area contributed by atoms with Crippen LogP contribution < -0.4 is 15.5 Å². The molecule has 20 heavy (non-hydrogen) atoms. The molecule has 1 aliphatic carbocycles. The van der Waals surface area contributed by atoms with Gasteiger partial charge in [-0.25, -0.2) is 0 Å². The van der Waals surface area contributed by atoms with E-state index in [2.05, 4.69) is 10.6 Å². The Hall–Kier alpha value is -1.88. The second-order valence-corrected chi connectivity index (χ2v) is 5.49. The molecule has 1 saturated carbocycles. The van der Waals surface area contributed by atoms with Crippen molar-refractivity contribution >= 4 is 17.5 Å². The average molecular weight is 273 g/mol. The molecule has 0 aromatic heterocycles. The monoisotopic (exact) mass is 273 g/mol. The Bertz CT molecular complexity index is 540. The molecule has 2 N–H and O–H groups in total. The Morgan fingerprint density at radius 3 is 2.85 bits per heavy atom. The van der Waals surface area contributed by atoms with E-state index in [0.717, 1.165) is 24.1 Å². The normalized spacial score (nSPS) is 21.6. The molecule has 0 saturated heterocycles. The number of nitrogens with zero attached hydrogens (tertiary/aromatic N) is 1. The van der Waals surface area contributed by atoms with Crippen LogP contribution in [0.4, 0.5) is 5.69 Å². The molecule has 1 aromatic carbocycles. The van der Waals surface area contributed by atoms with Gasteiger partial charge < -0.3 is 15.5 Å². The largest absolute Gasteiger partial charge is 0.352 e. The van der Waals surface area contributed by atoms with Crippen molar-refractivity contribution in [1.29, 1.82) is 0 Å². The van der Waals surface area contributed by atoms with Gasteiger partial charge in [0.05, 0.1) is 6.54 Å². The lowest BCUT2D eigenvalue weighted by Crippen LogP contribution is -2.41. The van der Waals surface area contributed by atoms with E-state index in [1.54, 1.807) is 11.9 Å². The van der Waals surface area contributed by atoms with Crippen molar-refractivity contribution in [1.82, 2.24) is 10.6 Å². The summed E-state index contributed by atoms with van der Waals surface area (Å²) in [6.07, 6.45) is 2.56. The second-order valence-electron chi connectivity index (χ2n) is 5.49. The molecule has 1 fully saturated rings. The van der Waals surface area contributed by atoms with Crippen LogP contribution in [-0.4, -0.2) is 31.4 Å². The smallest absolute Gasteiger partial charge is 0.234 e. The van der Waals surface area contributed by atoms with Gasteiger partial charge in [-0.05, 0) is 24.5 Å². The maximum atomic E-state index is 12.0. The molecule has 1 heterocycles. The number of hydrogen-bond donors (Lipinski definition) is 2. The molecule has 1 atom stereocenters. The van der Waals surface area contributed by atoms with Gasteiger partial charge >= 0.3 is 0 Å². The maximum absolute atomic E-state index is 12.0. The number of carbonyl (C=O) groups excluding carboxylic acids is 2. The molecule has 5 nitrogen and oxygen atoms in total. The number of anilines is 1. The number of para-hydroxylation sites is 1. The van der Waals surface area contributed by atoms with Crippen LogP contribution in [0.1, 0.15) is 30.9 Å². The minimum absolute atomic E-state index is 0.0105. The molecule has 0 spiro atoms. The van der Waals surface area contributed by atoms with E-state index in [1.807, 2.05) is 24.3 Å².